The summed E-state index contributed by atoms with van der Waals surface area (Å²) in [5.74, 6) is -0.173. The van der Waals surface area contributed by atoms with Gasteiger partial charge in [-0.15, -0.1) is 0 Å². The van der Waals surface area contributed by atoms with Crippen LogP contribution in [0.25, 0.3) is 0 Å². The van der Waals surface area contributed by atoms with Crippen molar-refractivity contribution < 1.29 is 4.79 Å². The van der Waals surface area contributed by atoms with E-state index in [0.717, 1.165) is 29.1 Å². The zero-order chi connectivity index (χ0) is 17.1. The second kappa shape index (κ2) is 6.73. The van der Waals surface area contributed by atoms with Crippen LogP contribution in [0.5, 0.6) is 0 Å². The van der Waals surface area contributed by atoms with E-state index in [1.165, 1.54) is 0 Å². The highest BCUT2D eigenvalue weighted by atomic mass is 16.2. The quantitative estimate of drug-likeness (QED) is 0.789. The van der Waals surface area contributed by atoms with Crippen molar-refractivity contribution in [2.45, 2.75) is 34.2 Å². The monoisotopic (exact) mass is 316 g/mol. The van der Waals surface area contributed by atoms with Gasteiger partial charge in [0.15, 0.2) is 0 Å². The minimum Gasteiger partial charge on any atom is -0.385 e. The fourth-order valence-electron chi connectivity index (χ4n) is 2.61. The molecule has 0 bridgehead atoms. The lowest BCUT2D eigenvalue weighted by molar-refractivity contribution is 0.0950. The lowest BCUT2D eigenvalue weighted by atomic mass is 10.0. The standard InChI is InChI=1S/C17H24N4O2/c1-6-18-15-8-10(2)7-13(11(15)3)16(22)19-9-14-12(4)21(5)20-17(14)23/h7-8,18H,6,9H2,1-5H3,(H,19,22)(H,20,23). The van der Waals surface area contributed by atoms with Gasteiger partial charge in [0.1, 0.15) is 0 Å². The summed E-state index contributed by atoms with van der Waals surface area (Å²) in [5, 5.41) is 8.80. The highest BCUT2D eigenvalue weighted by Crippen LogP contribution is 2.21. The molecule has 2 rings (SSSR count). The molecule has 0 saturated heterocycles. The Labute approximate surface area is 135 Å². The molecule has 0 aliphatic heterocycles. The van der Waals surface area contributed by atoms with Gasteiger partial charge in [0.25, 0.3) is 11.5 Å². The fraction of sp³-hybridized carbons (Fsp3) is 0.412. The van der Waals surface area contributed by atoms with Crippen molar-refractivity contribution >= 4 is 11.6 Å². The van der Waals surface area contributed by atoms with Crippen molar-refractivity contribution in [1.29, 1.82) is 0 Å². The van der Waals surface area contributed by atoms with Gasteiger partial charge >= 0.3 is 0 Å². The van der Waals surface area contributed by atoms with E-state index in [1.54, 1.807) is 11.7 Å². The molecule has 0 atom stereocenters. The van der Waals surface area contributed by atoms with Crippen molar-refractivity contribution in [1.82, 2.24) is 15.1 Å². The van der Waals surface area contributed by atoms with Crippen LogP contribution in [0.1, 0.15) is 39.7 Å². The van der Waals surface area contributed by atoms with Crippen LogP contribution in [0.2, 0.25) is 0 Å². The summed E-state index contributed by atoms with van der Waals surface area (Å²) in [4.78, 5) is 24.4. The third kappa shape index (κ3) is 3.47. The molecule has 1 heterocycles. The number of hydrogen-bond donors (Lipinski definition) is 3. The van der Waals surface area contributed by atoms with E-state index in [1.807, 2.05) is 39.8 Å². The largest absolute Gasteiger partial charge is 0.385 e. The Kier molecular flexibility index (Phi) is 4.93. The maximum Gasteiger partial charge on any atom is 0.269 e. The topological polar surface area (TPSA) is 78.9 Å². The normalized spacial score (nSPS) is 10.7. The zero-order valence-electron chi connectivity index (χ0n) is 14.3. The summed E-state index contributed by atoms with van der Waals surface area (Å²) in [6.45, 7) is 8.76. The van der Waals surface area contributed by atoms with E-state index in [9.17, 15) is 9.59 Å². The molecule has 6 heteroatoms. The Morgan fingerprint density at radius 2 is 1.96 bits per heavy atom. The Bertz CT molecular complexity index is 787. The molecule has 0 aliphatic carbocycles. The van der Waals surface area contributed by atoms with Crippen LogP contribution in [-0.4, -0.2) is 22.2 Å². The molecule has 0 unspecified atom stereocenters. The predicted octanol–water partition coefficient (Wildman–Crippen LogP) is 2.00. The van der Waals surface area contributed by atoms with Crippen molar-refractivity contribution in [2.24, 2.45) is 7.05 Å². The summed E-state index contributed by atoms with van der Waals surface area (Å²) < 4.78 is 1.66. The number of nitrogens with one attached hydrogen (secondary N) is 3. The van der Waals surface area contributed by atoms with Crippen LogP contribution in [-0.2, 0) is 13.6 Å². The summed E-state index contributed by atoms with van der Waals surface area (Å²) in [7, 11) is 1.77. The predicted molar refractivity (Wildman–Crippen MR) is 92.0 cm³/mol. The van der Waals surface area contributed by atoms with Crippen molar-refractivity contribution in [3.05, 3.63) is 50.4 Å². The van der Waals surface area contributed by atoms with E-state index in [-0.39, 0.29) is 18.0 Å². The maximum atomic E-state index is 12.5. The lowest BCUT2D eigenvalue weighted by Gasteiger charge is -2.14. The average molecular weight is 316 g/mol. The molecule has 0 aliphatic rings. The van der Waals surface area contributed by atoms with E-state index >= 15 is 0 Å². The fourth-order valence-corrected chi connectivity index (χ4v) is 2.61. The van der Waals surface area contributed by atoms with E-state index in [4.69, 9.17) is 0 Å². The van der Waals surface area contributed by atoms with Gasteiger partial charge in [-0.25, -0.2) is 0 Å². The molecule has 0 saturated carbocycles. The molecule has 1 aromatic carbocycles. The Morgan fingerprint density at radius 3 is 2.52 bits per heavy atom. The number of aryl methyl sites for hydroxylation is 2. The number of carbonyl (C=O) groups excluding carboxylic acids is 1. The molecule has 6 nitrogen and oxygen atoms in total. The van der Waals surface area contributed by atoms with Gasteiger partial charge < -0.3 is 10.6 Å². The van der Waals surface area contributed by atoms with Gasteiger partial charge in [-0.1, -0.05) is 0 Å². The van der Waals surface area contributed by atoms with Crippen LogP contribution in [0.3, 0.4) is 0 Å². The maximum absolute atomic E-state index is 12.5. The highest BCUT2D eigenvalue weighted by Gasteiger charge is 2.15. The van der Waals surface area contributed by atoms with Crippen molar-refractivity contribution in [2.75, 3.05) is 11.9 Å². The van der Waals surface area contributed by atoms with Gasteiger partial charge in [-0.2, -0.15) is 0 Å². The molecule has 1 amide bonds. The van der Waals surface area contributed by atoms with Gasteiger partial charge in [-0.05, 0) is 51.0 Å². The van der Waals surface area contributed by atoms with Crippen LogP contribution in [0.4, 0.5) is 5.69 Å². The molecule has 0 spiro atoms. The van der Waals surface area contributed by atoms with Gasteiger partial charge in [0.05, 0.1) is 12.1 Å². The second-order valence-corrected chi connectivity index (χ2v) is 5.76. The number of hydrogen-bond acceptors (Lipinski definition) is 3. The number of anilines is 1. The number of aromatic nitrogens is 2. The van der Waals surface area contributed by atoms with Crippen LogP contribution in [0, 0.1) is 20.8 Å². The van der Waals surface area contributed by atoms with Crippen molar-refractivity contribution in [3.63, 3.8) is 0 Å². The number of aromatic amines is 1. The molecule has 1 aromatic heterocycles. The van der Waals surface area contributed by atoms with Crippen molar-refractivity contribution in [3.8, 4) is 0 Å². The van der Waals surface area contributed by atoms with Gasteiger partial charge in [-0.3, -0.25) is 19.4 Å². The van der Waals surface area contributed by atoms with Gasteiger partial charge in [0.2, 0.25) is 0 Å². The second-order valence-electron chi connectivity index (χ2n) is 5.76. The SMILES string of the molecule is CCNc1cc(C)cc(C(=O)NCc2c(C)n(C)[nH]c2=O)c1C. The summed E-state index contributed by atoms with van der Waals surface area (Å²) in [6, 6.07) is 3.90. The molecule has 0 radical (unpaired) electrons. The van der Waals surface area contributed by atoms with Gasteiger partial charge in [0, 0.05) is 30.5 Å². The molecule has 23 heavy (non-hydrogen) atoms. The summed E-state index contributed by atoms with van der Waals surface area (Å²) in [5.41, 5.74) is 4.76. The molecule has 2 aromatic rings. The number of H-pyrrole nitrogens is 1. The lowest BCUT2D eigenvalue weighted by Crippen LogP contribution is -2.26. The highest BCUT2D eigenvalue weighted by molar-refractivity contribution is 5.97. The number of nitrogens with zero attached hydrogens (tertiary/aromatic N) is 1. The minimum atomic E-state index is -0.173. The smallest absolute Gasteiger partial charge is 0.269 e. The molecular formula is C17H24N4O2. The Hall–Kier alpha value is -2.50. The first-order valence-corrected chi connectivity index (χ1v) is 7.73. The third-order valence-corrected chi connectivity index (χ3v) is 4.07. The first kappa shape index (κ1) is 16.9. The summed E-state index contributed by atoms with van der Waals surface area (Å²) >= 11 is 0. The Balaban J connectivity index is 2.23. The van der Waals surface area contributed by atoms with E-state index in [0.29, 0.717) is 11.1 Å². The summed E-state index contributed by atoms with van der Waals surface area (Å²) in [6.07, 6.45) is 0. The number of amides is 1. The number of rotatable bonds is 5. The Morgan fingerprint density at radius 1 is 1.26 bits per heavy atom. The molecular weight excluding hydrogens is 292 g/mol. The first-order valence-electron chi connectivity index (χ1n) is 7.73. The van der Waals surface area contributed by atoms with Crippen LogP contribution in [0.15, 0.2) is 16.9 Å². The molecule has 0 fully saturated rings. The van der Waals surface area contributed by atoms with Crippen LogP contribution < -0.4 is 16.2 Å². The number of benzene rings is 1. The minimum absolute atomic E-state index is 0.167. The molecule has 124 valence electrons. The van der Waals surface area contributed by atoms with Crippen LogP contribution >= 0.6 is 0 Å². The average Bonchev–Trinajstić information content (AvgIpc) is 2.73. The molecule has 3 N–H and O–H groups in total. The van der Waals surface area contributed by atoms with E-state index in [2.05, 4.69) is 15.7 Å². The third-order valence-electron chi connectivity index (χ3n) is 4.07. The van der Waals surface area contributed by atoms with E-state index < -0.39 is 0 Å². The zero-order valence-corrected chi connectivity index (χ0v) is 14.3. The first-order chi connectivity index (χ1) is 10.8. The number of carbonyl (C=O) groups is 1.